The molecule has 1 N–H and O–H groups in total. The van der Waals surface area contributed by atoms with Gasteiger partial charge < -0.3 is 19.5 Å². The molecule has 8 heteroatoms. The van der Waals surface area contributed by atoms with Crippen LogP contribution in [0.25, 0.3) is 0 Å². The van der Waals surface area contributed by atoms with Crippen molar-refractivity contribution in [1.29, 1.82) is 0 Å². The van der Waals surface area contributed by atoms with Gasteiger partial charge in [0, 0.05) is 51.8 Å². The molecule has 2 heterocycles. The van der Waals surface area contributed by atoms with Gasteiger partial charge in [0.15, 0.2) is 0 Å². The number of nitrogens with zero attached hydrogens (tertiary/aromatic N) is 3. The van der Waals surface area contributed by atoms with Crippen LogP contribution >= 0.6 is 0 Å². The molecule has 1 saturated heterocycles. The summed E-state index contributed by atoms with van der Waals surface area (Å²) in [7, 11) is 3.12. The molecule has 0 amide bonds. The van der Waals surface area contributed by atoms with Crippen LogP contribution in [0.4, 0.5) is 11.5 Å². The van der Waals surface area contributed by atoms with Crippen LogP contribution < -0.4 is 9.64 Å². The van der Waals surface area contributed by atoms with Crippen molar-refractivity contribution in [2.45, 2.75) is 18.4 Å². The molecule has 0 atom stereocenters. The summed E-state index contributed by atoms with van der Waals surface area (Å²) < 4.78 is 10.2. The van der Waals surface area contributed by atoms with E-state index >= 15 is 0 Å². The number of ether oxygens (including phenoxy) is 2. The molecule has 0 radical (unpaired) electrons. The Hall–Kier alpha value is -1.93. The largest absolute Gasteiger partial charge is 0.481 e. The van der Waals surface area contributed by atoms with Gasteiger partial charge in [-0.2, -0.15) is 4.98 Å². The lowest BCUT2D eigenvalue weighted by Gasteiger charge is -2.35. The highest BCUT2D eigenvalue weighted by Gasteiger charge is 2.33. The molecule has 1 aromatic rings. The average molecular weight is 297 g/mol. The van der Waals surface area contributed by atoms with Gasteiger partial charge in [0.25, 0.3) is 0 Å². The fraction of sp³-hybridized carbons (Fsp3) is 0.615. The predicted molar refractivity (Wildman–Crippen MR) is 75.7 cm³/mol. The molecule has 21 heavy (non-hydrogen) atoms. The molecule has 0 saturated carbocycles. The van der Waals surface area contributed by atoms with Gasteiger partial charge in [-0.15, -0.1) is 0 Å². The number of hydrogen-bond donors (Lipinski definition) is 1. The maximum Gasteiger partial charge on any atom is 0.311 e. The Bertz CT molecular complexity index is 517. The summed E-state index contributed by atoms with van der Waals surface area (Å²) in [5.41, 5.74) is -1.04. The van der Waals surface area contributed by atoms with Gasteiger partial charge in [0.2, 0.25) is 11.7 Å². The van der Waals surface area contributed by atoms with Crippen molar-refractivity contribution in [3.8, 4) is 5.88 Å². The van der Waals surface area contributed by atoms with Crippen molar-refractivity contribution < 1.29 is 19.5 Å². The lowest BCUT2D eigenvalue weighted by molar-refractivity contribution is -0.384. The van der Waals surface area contributed by atoms with Crippen LogP contribution in [-0.4, -0.2) is 54.5 Å². The van der Waals surface area contributed by atoms with E-state index in [1.54, 1.807) is 11.9 Å². The first-order chi connectivity index (χ1) is 9.95. The lowest BCUT2D eigenvalue weighted by Crippen LogP contribution is -2.46. The highest BCUT2D eigenvalue weighted by Crippen LogP contribution is 2.30. The summed E-state index contributed by atoms with van der Waals surface area (Å²) in [6.07, 6.45) is 0.990. The van der Waals surface area contributed by atoms with Crippen molar-refractivity contribution in [2.24, 2.45) is 0 Å². The first-order valence-electron chi connectivity index (χ1n) is 6.66. The SMILES string of the molecule is COc1ccc([N+](=O)[O-])c(N(C)CC2(O)CCOCC2)n1. The first-order valence-corrected chi connectivity index (χ1v) is 6.66. The van der Waals surface area contributed by atoms with Crippen molar-refractivity contribution in [3.63, 3.8) is 0 Å². The molecule has 2 rings (SSSR count). The maximum atomic E-state index is 11.1. The topological polar surface area (TPSA) is 98.0 Å². The second-order valence-corrected chi connectivity index (χ2v) is 5.15. The summed E-state index contributed by atoms with van der Waals surface area (Å²) in [4.78, 5) is 16.3. The van der Waals surface area contributed by atoms with Crippen LogP contribution in [0.5, 0.6) is 5.88 Å². The molecule has 116 valence electrons. The number of rotatable bonds is 5. The first kappa shape index (κ1) is 15.5. The Labute approximate surface area is 122 Å². The van der Waals surface area contributed by atoms with E-state index in [1.807, 2.05) is 0 Å². The zero-order valence-electron chi connectivity index (χ0n) is 12.1. The van der Waals surface area contributed by atoms with Gasteiger partial charge in [-0.25, -0.2) is 0 Å². The highest BCUT2D eigenvalue weighted by molar-refractivity contribution is 5.58. The molecule has 0 aromatic carbocycles. The van der Waals surface area contributed by atoms with Crippen molar-refractivity contribution >= 4 is 11.5 Å². The molecule has 8 nitrogen and oxygen atoms in total. The highest BCUT2D eigenvalue weighted by atomic mass is 16.6. The van der Waals surface area contributed by atoms with Crippen LogP contribution in [0, 0.1) is 10.1 Å². The summed E-state index contributed by atoms with van der Waals surface area (Å²) in [5, 5.41) is 21.6. The average Bonchev–Trinajstić information content (AvgIpc) is 2.46. The van der Waals surface area contributed by atoms with E-state index in [4.69, 9.17) is 9.47 Å². The summed E-state index contributed by atoms with van der Waals surface area (Å²) in [6.45, 7) is 1.22. The van der Waals surface area contributed by atoms with Gasteiger partial charge in [-0.05, 0) is 0 Å². The fourth-order valence-electron chi connectivity index (χ4n) is 2.39. The molecule has 0 aliphatic carbocycles. The number of methoxy groups -OCH3 is 1. The van der Waals surface area contributed by atoms with E-state index < -0.39 is 10.5 Å². The van der Waals surface area contributed by atoms with Crippen molar-refractivity contribution in [2.75, 3.05) is 38.8 Å². The number of nitro groups is 1. The van der Waals surface area contributed by atoms with Gasteiger partial charge in [0.1, 0.15) is 0 Å². The normalized spacial score (nSPS) is 17.3. The lowest BCUT2D eigenvalue weighted by atomic mass is 9.94. The zero-order valence-corrected chi connectivity index (χ0v) is 12.1. The van der Waals surface area contributed by atoms with Crippen LogP contribution in [-0.2, 0) is 4.74 Å². The number of likely N-dealkylation sites (N-methyl/N-ethyl adjacent to an activating group) is 1. The van der Waals surface area contributed by atoms with Crippen molar-refractivity contribution in [3.05, 3.63) is 22.2 Å². The zero-order chi connectivity index (χ0) is 15.5. The second-order valence-electron chi connectivity index (χ2n) is 5.15. The second kappa shape index (κ2) is 6.23. The smallest absolute Gasteiger partial charge is 0.311 e. The molecular weight excluding hydrogens is 278 g/mol. The minimum absolute atomic E-state index is 0.117. The van der Waals surface area contributed by atoms with E-state index in [2.05, 4.69) is 4.98 Å². The molecule has 0 unspecified atom stereocenters. The van der Waals surface area contributed by atoms with Crippen LogP contribution in [0.1, 0.15) is 12.8 Å². The number of aromatic nitrogens is 1. The standard InChI is InChI=1S/C13H19N3O5/c1-15(9-13(17)5-7-21-8-6-13)12-10(16(18)19)3-4-11(14-12)20-2/h3-4,17H,5-9H2,1-2H3. The fourth-order valence-corrected chi connectivity index (χ4v) is 2.39. The number of pyridine rings is 1. The van der Waals surface area contributed by atoms with Crippen molar-refractivity contribution in [1.82, 2.24) is 4.98 Å². The summed E-state index contributed by atoms with van der Waals surface area (Å²) >= 11 is 0. The van der Waals surface area contributed by atoms with Gasteiger partial charge in [-0.3, -0.25) is 10.1 Å². The molecule has 1 fully saturated rings. The monoisotopic (exact) mass is 297 g/mol. The summed E-state index contributed by atoms with van der Waals surface area (Å²) in [5.74, 6) is 0.473. The molecule has 0 bridgehead atoms. The molecule has 1 aromatic heterocycles. The Morgan fingerprint density at radius 2 is 2.19 bits per heavy atom. The molecule has 0 spiro atoms. The van der Waals surface area contributed by atoms with E-state index in [0.717, 1.165) is 0 Å². The van der Waals surface area contributed by atoms with E-state index in [1.165, 1.54) is 19.2 Å². The number of hydrogen-bond acceptors (Lipinski definition) is 7. The third-order valence-electron chi connectivity index (χ3n) is 3.55. The minimum atomic E-state index is -0.925. The van der Waals surface area contributed by atoms with Crippen LogP contribution in [0.3, 0.4) is 0 Å². The number of aliphatic hydroxyl groups is 1. The molecule has 1 aliphatic heterocycles. The Balaban J connectivity index is 2.24. The minimum Gasteiger partial charge on any atom is -0.481 e. The third kappa shape index (κ3) is 3.59. The predicted octanol–water partition coefficient (Wildman–Crippen LogP) is 0.976. The van der Waals surface area contributed by atoms with Gasteiger partial charge in [-0.1, -0.05) is 0 Å². The number of anilines is 1. The van der Waals surface area contributed by atoms with E-state index in [0.29, 0.717) is 31.9 Å². The quantitative estimate of drug-likeness (QED) is 0.639. The van der Waals surface area contributed by atoms with Crippen LogP contribution in [0.2, 0.25) is 0 Å². The Morgan fingerprint density at radius 1 is 1.52 bits per heavy atom. The molecule has 1 aliphatic rings. The van der Waals surface area contributed by atoms with Gasteiger partial charge in [0.05, 0.1) is 17.6 Å². The van der Waals surface area contributed by atoms with E-state index in [-0.39, 0.29) is 18.1 Å². The Morgan fingerprint density at radius 3 is 2.76 bits per heavy atom. The Kier molecular flexibility index (Phi) is 4.59. The van der Waals surface area contributed by atoms with E-state index in [9.17, 15) is 15.2 Å². The van der Waals surface area contributed by atoms with Gasteiger partial charge >= 0.3 is 5.69 Å². The third-order valence-corrected chi connectivity index (χ3v) is 3.55. The van der Waals surface area contributed by atoms with Crippen LogP contribution in [0.15, 0.2) is 12.1 Å². The maximum absolute atomic E-state index is 11.1. The molecular formula is C13H19N3O5. The summed E-state index contributed by atoms with van der Waals surface area (Å²) in [6, 6.07) is 2.80.